The lowest BCUT2D eigenvalue weighted by atomic mass is 10.0. The van der Waals surface area contributed by atoms with E-state index in [2.05, 4.69) is 5.32 Å². The minimum absolute atomic E-state index is 0.149. The minimum Gasteiger partial charge on any atom is -0.350 e. The Morgan fingerprint density at radius 1 is 0.968 bits per heavy atom. The smallest absolute Gasteiger partial charge is 0.243 e. The highest BCUT2D eigenvalue weighted by molar-refractivity contribution is 6.36. The molecule has 2 rings (SSSR count). The largest absolute Gasteiger partial charge is 0.350 e. The Morgan fingerprint density at radius 2 is 1.55 bits per heavy atom. The van der Waals surface area contributed by atoms with Gasteiger partial charge >= 0.3 is 0 Å². The zero-order chi connectivity index (χ0) is 23.2. The molecule has 2 amide bonds. The van der Waals surface area contributed by atoms with Crippen LogP contribution in [0.15, 0.2) is 42.5 Å². The van der Waals surface area contributed by atoms with Gasteiger partial charge in [0.15, 0.2) is 0 Å². The maximum atomic E-state index is 13.3. The van der Waals surface area contributed by atoms with Crippen LogP contribution in [0.2, 0.25) is 15.1 Å². The highest BCUT2D eigenvalue weighted by Crippen LogP contribution is 2.28. The number of benzene rings is 2. The fourth-order valence-corrected chi connectivity index (χ4v) is 4.06. The molecule has 0 saturated heterocycles. The van der Waals surface area contributed by atoms with E-state index in [1.165, 1.54) is 0 Å². The first-order valence-corrected chi connectivity index (χ1v) is 11.4. The van der Waals surface area contributed by atoms with Crippen molar-refractivity contribution in [2.75, 3.05) is 0 Å². The summed E-state index contributed by atoms with van der Waals surface area (Å²) in [6.07, 6.45) is 1.15. The standard InChI is InChI=1S/C24H29Cl3N2O2/c1-5-21(23(31)28-24(2,3)4)29(15-17-19(26)11-8-12-20(17)27)22(30)14-13-16-9-6-7-10-18(16)25/h6-12,21H,5,13-15H2,1-4H3,(H,28,31). The first-order chi connectivity index (χ1) is 14.5. The van der Waals surface area contributed by atoms with Gasteiger partial charge in [0.25, 0.3) is 0 Å². The Kier molecular flexibility index (Phi) is 9.23. The van der Waals surface area contributed by atoms with E-state index in [9.17, 15) is 9.59 Å². The van der Waals surface area contributed by atoms with E-state index in [4.69, 9.17) is 34.8 Å². The number of nitrogens with one attached hydrogen (secondary N) is 1. The van der Waals surface area contributed by atoms with E-state index in [0.717, 1.165) is 5.56 Å². The van der Waals surface area contributed by atoms with Gasteiger partial charge in [-0.25, -0.2) is 0 Å². The number of aryl methyl sites for hydroxylation is 1. The molecular weight excluding hydrogens is 455 g/mol. The van der Waals surface area contributed by atoms with Crippen molar-refractivity contribution >= 4 is 46.6 Å². The summed E-state index contributed by atoms with van der Waals surface area (Å²) in [7, 11) is 0. The molecule has 0 aliphatic rings. The van der Waals surface area contributed by atoms with Gasteiger partial charge in [0.05, 0.1) is 0 Å². The Hall–Kier alpha value is -1.75. The van der Waals surface area contributed by atoms with Crippen molar-refractivity contribution in [2.45, 2.75) is 65.1 Å². The lowest BCUT2D eigenvalue weighted by Gasteiger charge is -2.33. The summed E-state index contributed by atoms with van der Waals surface area (Å²) < 4.78 is 0. The molecule has 0 heterocycles. The SMILES string of the molecule is CCC(C(=O)NC(C)(C)C)N(Cc1c(Cl)cccc1Cl)C(=O)CCc1ccccc1Cl. The Labute approximate surface area is 199 Å². The molecule has 0 fully saturated rings. The van der Waals surface area contributed by atoms with Crippen LogP contribution >= 0.6 is 34.8 Å². The first-order valence-electron chi connectivity index (χ1n) is 10.3. The fraction of sp³-hybridized carbons (Fsp3) is 0.417. The zero-order valence-corrected chi connectivity index (χ0v) is 20.6. The molecule has 0 aromatic heterocycles. The summed E-state index contributed by atoms with van der Waals surface area (Å²) in [5.74, 6) is -0.365. The van der Waals surface area contributed by atoms with Gasteiger partial charge in [0.2, 0.25) is 11.8 Å². The van der Waals surface area contributed by atoms with Crippen LogP contribution in [-0.4, -0.2) is 28.3 Å². The molecule has 0 radical (unpaired) electrons. The van der Waals surface area contributed by atoms with E-state index < -0.39 is 11.6 Å². The van der Waals surface area contributed by atoms with Crippen molar-refractivity contribution in [2.24, 2.45) is 0 Å². The monoisotopic (exact) mass is 482 g/mol. The van der Waals surface area contributed by atoms with Gasteiger partial charge in [0, 0.05) is 39.1 Å². The number of carbonyl (C=O) groups excluding carboxylic acids is 2. The molecule has 2 aromatic rings. The van der Waals surface area contributed by atoms with Gasteiger partial charge in [-0.3, -0.25) is 9.59 Å². The number of amides is 2. The predicted molar refractivity (Wildman–Crippen MR) is 129 cm³/mol. The zero-order valence-electron chi connectivity index (χ0n) is 18.3. The molecular formula is C24H29Cl3N2O2. The van der Waals surface area contributed by atoms with Crippen molar-refractivity contribution in [3.8, 4) is 0 Å². The number of hydrogen-bond acceptors (Lipinski definition) is 2. The third-order valence-electron chi connectivity index (χ3n) is 4.84. The van der Waals surface area contributed by atoms with Crippen LogP contribution in [0.3, 0.4) is 0 Å². The number of nitrogens with zero attached hydrogens (tertiary/aromatic N) is 1. The molecule has 168 valence electrons. The predicted octanol–water partition coefficient (Wildman–Crippen LogP) is 6.30. The van der Waals surface area contributed by atoms with Crippen molar-refractivity contribution < 1.29 is 9.59 Å². The summed E-state index contributed by atoms with van der Waals surface area (Å²) in [6.45, 7) is 7.76. The summed E-state index contributed by atoms with van der Waals surface area (Å²) in [6, 6.07) is 12.0. The third-order valence-corrected chi connectivity index (χ3v) is 5.92. The lowest BCUT2D eigenvalue weighted by Crippen LogP contribution is -2.53. The molecule has 1 unspecified atom stereocenters. The van der Waals surface area contributed by atoms with E-state index in [0.29, 0.717) is 33.5 Å². The van der Waals surface area contributed by atoms with Crippen LogP contribution in [-0.2, 0) is 22.6 Å². The quantitative estimate of drug-likeness (QED) is 0.479. The fourth-order valence-electron chi connectivity index (χ4n) is 3.31. The van der Waals surface area contributed by atoms with E-state index in [1.807, 2.05) is 45.9 Å². The van der Waals surface area contributed by atoms with Gasteiger partial charge in [-0.2, -0.15) is 0 Å². The normalized spacial score (nSPS) is 12.4. The maximum Gasteiger partial charge on any atom is 0.243 e. The summed E-state index contributed by atoms with van der Waals surface area (Å²) >= 11 is 19.0. The van der Waals surface area contributed by atoms with E-state index in [1.54, 1.807) is 29.2 Å². The van der Waals surface area contributed by atoms with Crippen molar-refractivity contribution in [1.82, 2.24) is 10.2 Å². The molecule has 7 heteroatoms. The maximum absolute atomic E-state index is 13.3. The van der Waals surface area contributed by atoms with Gasteiger partial charge < -0.3 is 10.2 Å². The first kappa shape index (κ1) is 25.5. The van der Waals surface area contributed by atoms with Crippen LogP contribution < -0.4 is 5.32 Å². The molecule has 0 aliphatic carbocycles. The summed E-state index contributed by atoms with van der Waals surface area (Å²) in [4.78, 5) is 27.9. The number of halogens is 3. The Balaban J connectivity index is 2.32. The summed E-state index contributed by atoms with van der Waals surface area (Å²) in [5, 5.41) is 4.52. The minimum atomic E-state index is -0.648. The highest BCUT2D eigenvalue weighted by Gasteiger charge is 2.31. The van der Waals surface area contributed by atoms with Crippen LogP contribution in [0.5, 0.6) is 0 Å². The van der Waals surface area contributed by atoms with Crippen molar-refractivity contribution in [1.29, 1.82) is 0 Å². The van der Waals surface area contributed by atoms with Gasteiger partial charge in [0.1, 0.15) is 6.04 Å². The Bertz CT molecular complexity index is 905. The molecule has 1 N–H and O–H groups in total. The van der Waals surface area contributed by atoms with Crippen LogP contribution in [0.4, 0.5) is 0 Å². The summed E-state index contributed by atoms with van der Waals surface area (Å²) in [5.41, 5.74) is 1.10. The van der Waals surface area contributed by atoms with E-state index in [-0.39, 0.29) is 24.8 Å². The average Bonchev–Trinajstić information content (AvgIpc) is 2.67. The molecule has 2 aromatic carbocycles. The average molecular weight is 484 g/mol. The number of carbonyl (C=O) groups is 2. The van der Waals surface area contributed by atoms with Crippen molar-refractivity contribution in [3.05, 3.63) is 68.7 Å². The molecule has 0 bridgehead atoms. The highest BCUT2D eigenvalue weighted by atomic mass is 35.5. The molecule has 0 spiro atoms. The lowest BCUT2D eigenvalue weighted by molar-refractivity contribution is -0.142. The van der Waals surface area contributed by atoms with Crippen molar-refractivity contribution in [3.63, 3.8) is 0 Å². The van der Waals surface area contributed by atoms with Crippen LogP contribution in [0.25, 0.3) is 0 Å². The number of rotatable bonds is 8. The molecule has 4 nitrogen and oxygen atoms in total. The van der Waals surface area contributed by atoms with Gasteiger partial charge in [-0.1, -0.05) is 66.0 Å². The molecule has 0 aliphatic heterocycles. The van der Waals surface area contributed by atoms with Gasteiger partial charge in [-0.05, 0) is 57.4 Å². The van der Waals surface area contributed by atoms with Gasteiger partial charge in [-0.15, -0.1) is 0 Å². The second kappa shape index (κ2) is 11.2. The molecule has 0 saturated carbocycles. The molecule has 1 atom stereocenters. The Morgan fingerprint density at radius 3 is 2.10 bits per heavy atom. The second-order valence-electron chi connectivity index (χ2n) is 8.48. The topological polar surface area (TPSA) is 49.4 Å². The second-order valence-corrected chi connectivity index (χ2v) is 9.70. The van der Waals surface area contributed by atoms with Crippen LogP contribution in [0, 0.1) is 0 Å². The van der Waals surface area contributed by atoms with Crippen LogP contribution in [0.1, 0.15) is 51.7 Å². The van der Waals surface area contributed by atoms with E-state index >= 15 is 0 Å². The molecule has 31 heavy (non-hydrogen) atoms. The number of hydrogen-bond donors (Lipinski definition) is 1. The third kappa shape index (κ3) is 7.41.